The van der Waals surface area contributed by atoms with Crippen molar-refractivity contribution < 1.29 is 13.9 Å². The Hall–Kier alpha value is -1.77. The van der Waals surface area contributed by atoms with Crippen LogP contribution in [0.2, 0.25) is 0 Å². The number of nitrogens with one attached hydrogen (secondary N) is 1. The molecule has 6 nitrogen and oxygen atoms in total. The summed E-state index contributed by atoms with van der Waals surface area (Å²) in [7, 11) is 0. The third kappa shape index (κ3) is 3.01. The average Bonchev–Trinajstić information content (AvgIpc) is 3.26. The number of carbonyl (C=O) groups excluding carboxylic acids is 1. The third-order valence-corrected chi connectivity index (χ3v) is 4.99. The van der Waals surface area contributed by atoms with E-state index in [2.05, 4.69) is 31.4 Å². The highest BCUT2D eigenvalue weighted by Crippen LogP contribution is 2.32. The molecule has 0 aliphatic carbocycles. The molecule has 0 unspecified atom stereocenters. The quantitative estimate of drug-likeness (QED) is 0.722. The number of furan rings is 1. The van der Waals surface area contributed by atoms with E-state index in [9.17, 15) is 4.79 Å². The van der Waals surface area contributed by atoms with Gasteiger partial charge in [-0.2, -0.15) is 0 Å². The molecule has 1 atom stereocenters. The van der Waals surface area contributed by atoms with Gasteiger partial charge in [0, 0.05) is 16.5 Å². The number of carbonyl (C=O) groups is 1. The maximum Gasteiger partial charge on any atom is 0.293 e. The molecule has 3 aromatic rings. The van der Waals surface area contributed by atoms with Crippen molar-refractivity contribution in [3.05, 3.63) is 39.5 Å². The fraction of sp³-hybridized carbons (Fsp3) is 0.267. The van der Waals surface area contributed by atoms with Gasteiger partial charge in [0.05, 0.1) is 0 Å². The van der Waals surface area contributed by atoms with Gasteiger partial charge >= 0.3 is 0 Å². The average molecular weight is 394 g/mol. The lowest BCUT2D eigenvalue weighted by Crippen LogP contribution is -2.10. The van der Waals surface area contributed by atoms with Crippen LogP contribution in [-0.4, -0.2) is 22.7 Å². The number of hydrogen-bond donors (Lipinski definition) is 1. The lowest BCUT2D eigenvalue weighted by atomic mass is 10.2. The van der Waals surface area contributed by atoms with Crippen molar-refractivity contribution in [2.24, 2.45) is 0 Å². The van der Waals surface area contributed by atoms with Crippen molar-refractivity contribution in [3.63, 3.8) is 0 Å². The second-order valence-electron chi connectivity index (χ2n) is 5.19. The molecule has 1 aliphatic rings. The number of aromatic nitrogens is 2. The van der Waals surface area contributed by atoms with Crippen LogP contribution in [0.5, 0.6) is 0 Å². The maximum atomic E-state index is 12.3. The number of halogens is 1. The molecule has 3 heterocycles. The smallest absolute Gasteiger partial charge is 0.293 e. The molecule has 1 saturated heterocycles. The number of amides is 1. The van der Waals surface area contributed by atoms with Gasteiger partial charge in [0.15, 0.2) is 5.76 Å². The van der Waals surface area contributed by atoms with Gasteiger partial charge in [0.25, 0.3) is 5.91 Å². The summed E-state index contributed by atoms with van der Waals surface area (Å²) in [5, 5.41) is 12.9. The largest absolute Gasteiger partial charge is 0.451 e. The fourth-order valence-electron chi connectivity index (χ4n) is 2.47. The highest BCUT2D eigenvalue weighted by atomic mass is 79.9. The Morgan fingerprint density at radius 3 is 3.09 bits per heavy atom. The van der Waals surface area contributed by atoms with E-state index in [1.165, 1.54) is 11.3 Å². The Balaban J connectivity index is 1.52. The minimum atomic E-state index is -0.340. The van der Waals surface area contributed by atoms with Crippen LogP contribution < -0.4 is 5.32 Å². The van der Waals surface area contributed by atoms with Gasteiger partial charge in [0.1, 0.15) is 16.7 Å². The van der Waals surface area contributed by atoms with Crippen molar-refractivity contribution in [1.82, 2.24) is 10.2 Å². The van der Waals surface area contributed by atoms with Gasteiger partial charge in [-0.1, -0.05) is 27.3 Å². The molecule has 1 aromatic carbocycles. The van der Waals surface area contributed by atoms with Gasteiger partial charge in [0.2, 0.25) is 5.13 Å². The Morgan fingerprint density at radius 1 is 1.35 bits per heavy atom. The van der Waals surface area contributed by atoms with Crippen LogP contribution in [0.25, 0.3) is 11.0 Å². The first kappa shape index (κ1) is 14.8. The number of rotatable bonds is 3. The predicted octanol–water partition coefficient (Wildman–Crippen LogP) is 4.15. The SMILES string of the molecule is O=C(Nc1nnc([C@H]2CCCO2)s1)c1cc2cc(Br)ccc2o1. The number of fused-ring (bicyclic) bond motifs is 1. The summed E-state index contributed by atoms with van der Waals surface area (Å²) in [5.74, 6) is -0.0978. The summed E-state index contributed by atoms with van der Waals surface area (Å²) in [5.41, 5.74) is 0.663. The first-order valence-electron chi connectivity index (χ1n) is 7.14. The molecule has 0 radical (unpaired) electrons. The molecule has 118 valence electrons. The zero-order valence-electron chi connectivity index (χ0n) is 11.9. The van der Waals surface area contributed by atoms with Crippen molar-refractivity contribution in [2.75, 3.05) is 11.9 Å². The molecule has 8 heteroatoms. The Labute approximate surface area is 144 Å². The van der Waals surface area contributed by atoms with E-state index in [4.69, 9.17) is 9.15 Å². The van der Waals surface area contributed by atoms with E-state index >= 15 is 0 Å². The molecule has 4 rings (SSSR count). The number of nitrogens with zero attached hydrogens (tertiary/aromatic N) is 2. The standard InChI is InChI=1S/C15H12BrN3O3S/c16-9-3-4-10-8(6-9)7-12(22-10)13(20)17-15-19-18-14(23-15)11-2-1-5-21-11/h3-4,6-7,11H,1-2,5H2,(H,17,19,20)/t11-/m1/s1. The molecule has 1 fully saturated rings. The van der Waals surface area contributed by atoms with E-state index in [1.807, 2.05) is 18.2 Å². The molecular formula is C15H12BrN3O3S. The summed E-state index contributed by atoms with van der Waals surface area (Å²) in [6.45, 7) is 0.750. The van der Waals surface area contributed by atoms with Crippen LogP contribution in [0.15, 0.2) is 33.2 Å². The summed E-state index contributed by atoms with van der Waals surface area (Å²) in [6, 6.07) is 7.29. The molecule has 0 bridgehead atoms. The van der Waals surface area contributed by atoms with Gasteiger partial charge in [-0.15, -0.1) is 10.2 Å². The lowest BCUT2D eigenvalue weighted by Gasteiger charge is -2.02. The van der Waals surface area contributed by atoms with E-state index in [-0.39, 0.29) is 17.8 Å². The van der Waals surface area contributed by atoms with E-state index in [1.54, 1.807) is 6.07 Å². The molecule has 0 saturated carbocycles. The topological polar surface area (TPSA) is 77.2 Å². The first-order valence-corrected chi connectivity index (χ1v) is 8.75. The summed E-state index contributed by atoms with van der Waals surface area (Å²) < 4.78 is 12.1. The predicted molar refractivity (Wildman–Crippen MR) is 89.7 cm³/mol. The van der Waals surface area contributed by atoms with Gasteiger partial charge in [-0.3, -0.25) is 10.1 Å². The lowest BCUT2D eigenvalue weighted by molar-refractivity contribution is 0.0998. The van der Waals surface area contributed by atoms with Crippen LogP contribution >= 0.6 is 27.3 Å². The fourth-order valence-corrected chi connectivity index (χ4v) is 3.67. The molecule has 1 N–H and O–H groups in total. The van der Waals surface area contributed by atoms with Crippen molar-refractivity contribution >= 4 is 49.3 Å². The van der Waals surface area contributed by atoms with Gasteiger partial charge in [-0.25, -0.2) is 0 Å². The van der Waals surface area contributed by atoms with Crippen molar-refractivity contribution in [2.45, 2.75) is 18.9 Å². The Kier molecular flexibility index (Phi) is 3.88. The second kappa shape index (κ2) is 6.03. The highest BCUT2D eigenvalue weighted by Gasteiger charge is 2.23. The minimum Gasteiger partial charge on any atom is -0.451 e. The maximum absolute atomic E-state index is 12.3. The normalized spacial score (nSPS) is 17.7. The van der Waals surface area contributed by atoms with Crippen LogP contribution in [0.1, 0.15) is 34.5 Å². The second-order valence-corrected chi connectivity index (χ2v) is 7.12. The molecule has 1 amide bonds. The summed E-state index contributed by atoms with van der Waals surface area (Å²) in [6.07, 6.45) is 1.98. The highest BCUT2D eigenvalue weighted by molar-refractivity contribution is 9.10. The Morgan fingerprint density at radius 2 is 2.26 bits per heavy atom. The number of benzene rings is 1. The monoisotopic (exact) mass is 393 g/mol. The van der Waals surface area contributed by atoms with Crippen LogP contribution in [0.3, 0.4) is 0 Å². The van der Waals surface area contributed by atoms with Crippen molar-refractivity contribution in [1.29, 1.82) is 0 Å². The van der Waals surface area contributed by atoms with Gasteiger partial charge < -0.3 is 9.15 Å². The third-order valence-electron chi connectivity index (χ3n) is 3.57. The van der Waals surface area contributed by atoms with Gasteiger partial charge in [-0.05, 0) is 37.1 Å². The minimum absolute atomic E-state index is 0.00158. The molecular weight excluding hydrogens is 382 g/mol. The van der Waals surface area contributed by atoms with Crippen molar-refractivity contribution in [3.8, 4) is 0 Å². The molecule has 1 aliphatic heterocycles. The van der Waals surface area contributed by atoms with Crippen LogP contribution in [0.4, 0.5) is 5.13 Å². The number of hydrogen-bond acceptors (Lipinski definition) is 6. The molecule has 0 spiro atoms. The van der Waals surface area contributed by atoms with E-state index in [0.29, 0.717) is 10.7 Å². The van der Waals surface area contributed by atoms with Crippen LogP contribution in [-0.2, 0) is 4.74 Å². The van der Waals surface area contributed by atoms with E-state index < -0.39 is 0 Å². The molecule has 23 heavy (non-hydrogen) atoms. The number of anilines is 1. The summed E-state index contributed by atoms with van der Waals surface area (Å²) in [4.78, 5) is 12.3. The van der Waals surface area contributed by atoms with Crippen LogP contribution in [0, 0.1) is 0 Å². The Bertz CT molecular complexity index is 870. The summed E-state index contributed by atoms with van der Waals surface area (Å²) >= 11 is 4.73. The molecule has 2 aromatic heterocycles. The zero-order chi connectivity index (χ0) is 15.8. The zero-order valence-corrected chi connectivity index (χ0v) is 14.3. The number of ether oxygens (including phenoxy) is 1. The first-order chi connectivity index (χ1) is 11.2. The van der Waals surface area contributed by atoms with E-state index in [0.717, 1.165) is 34.3 Å².